The van der Waals surface area contributed by atoms with E-state index >= 15 is 0 Å². The summed E-state index contributed by atoms with van der Waals surface area (Å²) >= 11 is -0.734. The van der Waals surface area contributed by atoms with Crippen molar-refractivity contribution in [2.45, 2.75) is 46.1 Å². The van der Waals surface area contributed by atoms with Crippen molar-refractivity contribution in [3.63, 3.8) is 0 Å². The van der Waals surface area contributed by atoms with Gasteiger partial charge in [-0.15, -0.1) is 0 Å². The van der Waals surface area contributed by atoms with Gasteiger partial charge < -0.3 is 0 Å². The molecule has 36 heavy (non-hydrogen) atoms. The van der Waals surface area contributed by atoms with Gasteiger partial charge in [-0.1, -0.05) is 0 Å². The van der Waals surface area contributed by atoms with E-state index in [-0.39, 0.29) is 12.1 Å². The van der Waals surface area contributed by atoms with Crippen LogP contribution in [0, 0.1) is 13.8 Å². The summed E-state index contributed by atoms with van der Waals surface area (Å²) in [7, 11) is 0. The molecule has 1 N–H and O–H groups in total. The summed E-state index contributed by atoms with van der Waals surface area (Å²) in [6, 6.07) is 38.1. The van der Waals surface area contributed by atoms with E-state index in [0.717, 1.165) is 12.2 Å². The summed E-state index contributed by atoms with van der Waals surface area (Å²) in [6.07, 6.45) is -0.0502. The van der Waals surface area contributed by atoms with Crippen molar-refractivity contribution in [2.75, 3.05) is 0 Å². The molecule has 2 atom stereocenters. The molecule has 0 aliphatic carbocycles. The zero-order valence-electron chi connectivity index (χ0n) is 21.2. The van der Waals surface area contributed by atoms with E-state index in [2.05, 4.69) is 129 Å². The number of aryl methyl sites for hydroxylation is 2. The van der Waals surface area contributed by atoms with Gasteiger partial charge in [0.1, 0.15) is 0 Å². The van der Waals surface area contributed by atoms with Crippen LogP contribution in [-0.2, 0) is 17.9 Å². The van der Waals surface area contributed by atoms with Gasteiger partial charge in [-0.05, 0) is 0 Å². The molecule has 0 radical (unpaired) electrons. The molecule has 0 bridgehead atoms. The Morgan fingerprint density at radius 3 is 1.92 bits per heavy atom. The molecule has 0 aromatic heterocycles. The molecular weight excluding hydrogens is 556 g/mol. The zero-order chi connectivity index (χ0) is 25.2. The predicted octanol–water partition coefficient (Wildman–Crippen LogP) is 6.13. The molecule has 0 aliphatic rings. The average molecular weight is 590 g/mol. The number of nitrogens with one attached hydrogen (secondary N) is 1. The summed E-state index contributed by atoms with van der Waals surface area (Å²) in [5, 5.41) is 3.83. The minimum atomic E-state index is -0.734. The van der Waals surface area contributed by atoms with Crippen LogP contribution in [0.1, 0.15) is 29.2 Å². The van der Waals surface area contributed by atoms with E-state index in [1.54, 1.807) is 0 Å². The minimum absolute atomic E-state index is 0.00414. The normalized spacial score (nSPS) is 13.4. The number of para-hydroxylation sites is 1. The molecule has 4 aromatic rings. The number of aliphatic imine (C=N–C) groups is 1. The van der Waals surface area contributed by atoms with E-state index in [4.69, 9.17) is 9.73 Å². The average Bonchev–Trinajstić information content (AvgIpc) is 2.91. The second-order valence-corrected chi connectivity index (χ2v) is 12.1. The molecule has 0 spiro atoms. The SMILES string of the molecule is Cc1cccc(C)c1N=C([Te]c1ccccc1)[C@@H](NCc1ccccc1)[C@@H](C)OCc1ccccc1. The van der Waals surface area contributed by atoms with Crippen LogP contribution in [0.5, 0.6) is 0 Å². The number of ether oxygens (including phenoxy) is 1. The maximum atomic E-state index is 6.47. The van der Waals surface area contributed by atoms with Gasteiger partial charge in [-0.25, -0.2) is 0 Å². The first kappa shape index (κ1) is 26.3. The molecule has 4 heteroatoms. The Morgan fingerprint density at radius 2 is 1.31 bits per heavy atom. The fourth-order valence-electron chi connectivity index (χ4n) is 4.03. The van der Waals surface area contributed by atoms with Crippen LogP contribution in [0.25, 0.3) is 0 Å². The second kappa shape index (κ2) is 13.5. The molecule has 4 aromatic carbocycles. The third-order valence-electron chi connectivity index (χ3n) is 6.09. The third kappa shape index (κ3) is 7.63. The molecule has 4 rings (SSSR count). The molecule has 184 valence electrons. The van der Waals surface area contributed by atoms with Crippen LogP contribution in [-0.4, -0.2) is 36.8 Å². The number of hydrogen-bond donors (Lipinski definition) is 1. The van der Waals surface area contributed by atoms with Crippen molar-refractivity contribution in [1.29, 1.82) is 0 Å². The summed E-state index contributed by atoms with van der Waals surface area (Å²) in [5.74, 6) is 0. The fraction of sp³-hybridized carbons (Fsp3) is 0.219. The van der Waals surface area contributed by atoms with E-state index in [0.29, 0.717) is 6.61 Å². The summed E-state index contributed by atoms with van der Waals surface area (Å²) in [6.45, 7) is 7.80. The van der Waals surface area contributed by atoms with Gasteiger partial charge in [0.15, 0.2) is 0 Å². The maximum absolute atomic E-state index is 6.47. The van der Waals surface area contributed by atoms with Crippen molar-refractivity contribution in [1.82, 2.24) is 5.32 Å². The Balaban J connectivity index is 1.68. The molecular formula is C32H34N2OTe. The Kier molecular flexibility index (Phi) is 9.90. The monoisotopic (exact) mass is 592 g/mol. The van der Waals surface area contributed by atoms with Gasteiger partial charge in [0.05, 0.1) is 0 Å². The van der Waals surface area contributed by atoms with Crippen molar-refractivity contribution >= 4 is 34.0 Å². The van der Waals surface area contributed by atoms with Gasteiger partial charge in [0.25, 0.3) is 0 Å². The van der Waals surface area contributed by atoms with E-state index in [1.807, 2.05) is 6.07 Å². The van der Waals surface area contributed by atoms with Crippen LogP contribution in [0.4, 0.5) is 5.69 Å². The van der Waals surface area contributed by atoms with Gasteiger partial charge in [0, 0.05) is 0 Å². The van der Waals surface area contributed by atoms with Crippen LogP contribution in [0.2, 0.25) is 0 Å². The molecule has 0 heterocycles. The Bertz CT molecular complexity index is 1220. The molecule has 0 saturated heterocycles. The first-order valence-electron chi connectivity index (χ1n) is 12.4. The number of nitrogens with zero attached hydrogens (tertiary/aromatic N) is 1. The second-order valence-electron chi connectivity index (χ2n) is 8.95. The number of rotatable bonds is 11. The molecule has 3 nitrogen and oxygen atoms in total. The summed E-state index contributed by atoms with van der Waals surface area (Å²) in [5.41, 5.74) is 5.92. The Labute approximate surface area is 225 Å². The van der Waals surface area contributed by atoms with Crippen LogP contribution < -0.4 is 8.93 Å². The zero-order valence-corrected chi connectivity index (χ0v) is 23.6. The third-order valence-corrected chi connectivity index (χ3v) is 9.12. The van der Waals surface area contributed by atoms with E-state index in [9.17, 15) is 0 Å². The molecule has 0 fully saturated rings. The topological polar surface area (TPSA) is 33.6 Å². The van der Waals surface area contributed by atoms with E-state index < -0.39 is 20.9 Å². The van der Waals surface area contributed by atoms with Crippen molar-refractivity contribution in [3.8, 4) is 0 Å². The van der Waals surface area contributed by atoms with Gasteiger partial charge >= 0.3 is 227 Å². The van der Waals surface area contributed by atoms with Gasteiger partial charge in [0.2, 0.25) is 0 Å². The summed E-state index contributed by atoms with van der Waals surface area (Å²) in [4.78, 5) is 5.37. The first-order valence-corrected chi connectivity index (χ1v) is 14.7. The standard InChI is InChI=1S/C32H34N2OTe/c1-24-14-13-15-25(2)30(24)34-32(36-29-20-11-6-12-21-29)31(33-22-27-16-7-4-8-17-27)26(3)35-23-28-18-9-5-10-19-28/h4-21,26,31,33H,22-23H2,1-3H3/t26-,31+/m1/s1. The first-order chi connectivity index (χ1) is 17.6. The van der Waals surface area contributed by atoms with E-state index in [1.165, 1.54) is 29.6 Å². The van der Waals surface area contributed by atoms with Crippen LogP contribution in [0.15, 0.2) is 114 Å². The molecule has 0 saturated carbocycles. The van der Waals surface area contributed by atoms with Gasteiger partial charge in [-0.2, -0.15) is 0 Å². The van der Waals surface area contributed by atoms with Crippen LogP contribution >= 0.6 is 0 Å². The van der Waals surface area contributed by atoms with Crippen molar-refractivity contribution in [2.24, 2.45) is 4.99 Å². The molecule has 0 amide bonds. The van der Waals surface area contributed by atoms with Crippen molar-refractivity contribution in [3.05, 3.63) is 131 Å². The Morgan fingerprint density at radius 1 is 0.750 bits per heavy atom. The Hall–Kier alpha value is -2.74. The predicted molar refractivity (Wildman–Crippen MR) is 153 cm³/mol. The van der Waals surface area contributed by atoms with Crippen molar-refractivity contribution < 1.29 is 4.74 Å². The van der Waals surface area contributed by atoms with Crippen LogP contribution in [0.3, 0.4) is 0 Å². The quantitative estimate of drug-likeness (QED) is 0.169. The summed E-state index contributed by atoms with van der Waals surface area (Å²) < 4.78 is 9.05. The van der Waals surface area contributed by atoms with Gasteiger partial charge in [-0.3, -0.25) is 0 Å². The molecule has 0 aliphatic heterocycles. The number of hydrogen-bond acceptors (Lipinski definition) is 3. The number of benzene rings is 4. The fourth-order valence-corrected chi connectivity index (χ4v) is 7.10. The molecule has 0 unspecified atom stereocenters.